The van der Waals surface area contributed by atoms with Crippen LogP contribution in [0.1, 0.15) is 25.8 Å². The van der Waals surface area contributed by atoms with Gasteiger partial charge >= 0.3 is 0 Å². The molecule has 112 valence electrons. The molecule has 0 saturated heterocycles. The Bertz CT molecular complexity index is 661. The number of nitrogens with two attached hydrogens (primary N) is 1. The van der Waals surface area contributed by atoms with E-state index in [0.29, 0.717) is 41.6 Å². The van der Waals surface area contributed by atoms with Crippen LogP contribution in [0.4, 0.5) is 10.2 Å². The average molecular weight is 292 g/mol. The SMILES string of the molecule is CC(C)(F)c1cc2c(cc1-c1cc(N)no1)OCCCO2. The molecule has 0 unspecified atom stereocenters. The molecule has 0 fully saturated rings. The number of fused-ring (bicyclic) bond motifs is 1. The van der Waals surface area contributed by atoms with Crippen LogP contribution in [0.3, 0.4) is 0 Å². The van der Waals surface area contributed by atoms with Gasteiger partial charge in [-0.15, -0.1) is 0 Å². The number of nitrogen functional groups attached to an aromatic ring is 1. The number of anilines is 1. The first-order valence-electron chi connectivity index (χ1n) is 6.81. The summed E-state index contributed by atoms with van der Waals surface area (Å²) >= 11 is 0. The van der Waals surface area contributed by atoms with Crippen molar-refractivity contribution in [3.05, 3.63) is 23.8 Å². The fraction of sp³-hybridized carbons (Fsp3) is 0.400. The maximum Gasteiger partial charge on any atom is 0.169 e. The van der Waals surface area contributed by atoms with Crippen LogP contribution in [0.2, 0.25) is 0 Å². The zero-order chi connectivity index (χ0) is 15.0. The highest BCUT2D eigenvalue weighted by Crippen LogP contribution is 2.42. The quantitative estimate of drug-likeness (QED) is 0.919. The van der Waals surface area contributed by atoms with E-state index in [4.69, 9.17) is 19.7 Å². The summed E-state index contributed by atoms with van der Waals surface area (Å²) in [6.45, 7) is 4.07. The number of halogens is 1. The van der Waals surface area contributed by atoms with Crippen molar-refractivity contribution in [3.63, 3.8) is 0 Å². The van der Waals surface area contributed by atoms with Gasteiger partial charge in [0.2, 0.25) is 0 Å². The molecule has 0 aliphatic carbocycles. The minimum absolute atomic E-state index is 0.250. The molecule has 2 aromatic rings. The maximum absolute atomic E-state index is 14.6. The number of aromatic nitrogens is 1. The van der Waals surface area contributed by atoms with E-state index in [1.165, 1.54) is 13.8 Å². The van der Waals surface area contributed by atoms with Crippen molar-refractivity contribution in [3.8, 4) is 22.8 Å². The Hall–Kier alpha value is -2.24. The molecule has 1 aromatic heterocycles. The largest absolute Gasteiger partial charge is 0.490 e. The Balaban J connectivity index is 2.18. The van der Waals surface area contributed by atoms with Gasteiger partial charge in [-0.1, -0.05) is 5.16 Å². The zero-order valence-electron chi connectivity index (χ0n) is 12.0. The molecule has 0 spiro atoms. The van der Waals surface area contributed by atoms with Crippen LogP contribution in [0.15, 0.2) is 22.7 Å². The highest BCUT2D eigenvalue weighted by atomic mass is 19.1. The third-order valence-electron chi connectivity index (χ3n) is 3.32. The van der Waals surface area contributed by atoms with Gasteiger partial charge in [0.15, 0.2) is 23.1 Å². The van der Waals surface area contributed by atoms with Crippen LogP contribution in [0.25, 0.3) is 11.3 Å². The van der Waals surface area contributed by atoms with Gasteiger partial charge < -0.3 is 19.7 Å². The lowest BCUT2D eigenvalue weighted by molar-refractivity contribution is 0.220. The summed E-state index contributed by atoms with van der Waals surface area (Å²) in [4.78, 5) is 0. The molecular formula is C15H17FN2O3. The van der Waals surface area contributed by atoms with E-state index in [2.05, 4.69) is 5.16 Å². The topological polar surface area (TPSA) is 70.5 Å². The summed E-state index contributed by atoms with van der Waals surface area (Å²) in [7, 11) is 0. The molecule has 1 aliphatic heterocycles. The second-order valence-electron chi connectivity index (χ2n) is 5.48. The van der Waals surface area contributed by atoms with Gasteiger partial charge in [0.25, 0.3) is 0 Å². The van der Waals surface area contributed by atoms with Crippen molar-refractivity contribution in [1.82, 2.24) is 5.16 Å². The number of hydrogen-bond donors (Lipinski definition) is 1. The predicted octanol–water partition coefficient (Wildman–Crippen LogP) is 3.29. The standard InChI is InChI=1S/C15H17FN2O3/c1-15(2,16)10-7-13-12(19-4-3-5-20-13)6-9(10)11-8-14(17)18-21-11/h6-8H,3-5H2,1-2H3,(H2,17,18). The van der Waals surface area contributed by atoms with Gasteiger partial charge in [0.05, 0.1) is 13.2 Å². The monoisotopic (exact) mass is 292 g/mol. The van der Waals surface area contributed by atoms with Crippen LogP contribution >= 0.6 is 0 Å². The Kier molecular flexibility index (Phi) is 3.23. The van der Waals surface area contributed by atoms with Gasteiger partial charge in [0, 0.05) is 23.6 Å². The fourth-order valence-electron chi connectivity index (χ4n) is 2.32. The number of hydrogen-bond acceptors (Lipinski definition) is 5. The number of rotatable bonds is 2. The Morgan fingerprint density at radius 1 is 1.14 bits per heavy atom. The van der Waals surface area contributed by atoms with Crippen molar-refractivity contribution >= 4 is 5.82 Å². The van der Waals surface area contributed by atoms with E-state index >= 15 is 0 Å². The van der Waals surface area contributed by atoms with Crippen molar-refractivity contribution in [2.24, 2.45) is 0 Å². The summed E-state index contributed by atoms with van der Waals surface area (Å²) in [6.07, 6.45) is 0.785. The van der Waals surface area contributed by atoms with Crippen LogP contribution < -0.4 is 15.2 Å². The summed E-state index contributed by atoms with van der Waals surface area (Å²) in [5.41, 5.74) is 5.03. The summed E-state index contributed by atoms with van der Waals surface area (Å²) in [6, 6.07) is 4.94. The molecule has 1 aliphatic rings. The number of benzene rings is 1. The minimum Gasteiger partial charge on any atom is -0.490 e. The van der Waals surface area contributed by atoms with Crippen LogP contribution in [0.5, 0.6) is 11.5 Å². The predicted molar refractivity (Wildman–Crippen MR) is 76.1 cm³/mol. The maximum atomic E-state index is 14.6. The third kappa shape index (κ3) is 2.66. The first-order valence-corrected chi connectivity index (χ1v) is 6.81. The molecule has 0 saturated carbocycles. The molecule has 0 radical (unpaired) electrons. The Labute approximate surface area is 121 Å². The first-order chi connectivity index (χ1) is 9.95. The molecule has 0 amide bonds. The fourth-order valence-corrected chi connectivity index (χ4v) is 2.32. The summed E-state index contributed by atoms with van der Waals surface area (Å²) < 4.78 is 31.0. The molecular weight excluding hydrogens is 275 g/mol. The van der Waals surface area contributed by atoms with Crippen LogP contribution in [-0.2, 0) is 5.67 Å². The van der Waals surface area contributed by atoms with Gasteiger partial charge in [-0.25, -0.2) is 4.39 Å². The molecule has 5 nitrogen and oxygen atoms in total. The lowest BCUT2D eigenvalue weighted by atomic mass is 9.92. The molecule has 2 heterocycles. The van der Waals surface area contributed by atoms with Crippen molar-refractivity contribution in [2.45, 2.75) is 25.9 Å². The lowest BCUT2D eigenvalue weighted by Gasteiger charge is -2.20. The van der Waals surface area contributed by atoms with Gasteiger partial charge in [-0.3, -0.25) is 0 Å². The molecule has 2 N–H and O–H groups in total. The third-order valence-corrected chi connectivity index (χ3v) is 3.32. The van der Waals surface area contributed by atoms with Gasteiger partial charge in [-0.2, -0.15) is 0 Å². The summed E-state index contributed by atoms with van der Waals surface area (Å²) in [5.74, 6) is 1.78. The summed E-state index contributed by atoms with van der Waals surface area (Å²) in [5, 5.41) is 3.66. The molecule has 21 heavy (non-hydrogen) atoms. The number of nitrogens with zero attached hydrogens (tertiary/aromatic N) is 1. The lowest BCUT2D eigenvalue weighted by Crippen LogP contribution is -2.11. The molecule has 6 heteroatoms. The van der Waals surface area contributed by atoms with E-state index in [1.807, 2.05) is 0 Å². The second-order valence-corrected chi connectivity index (χ2v) is 5.48. The molecule has 0 bridgehead atoms. The van der Waals surface area contributed by atoms with E-state index < -0.39 is 5.67 Å². The number of alkyl halides is 1. The van der Waals surface area contributed by atoms with E-state index in [9.17, 15) is 4.39 Å². The van der Waals surface area contributed by atoms with Crippen LogP contribution in [-0.4, -0.2) is 18.4 Å². The van der Waals surface area contributed by atoms with E-state index in [0.717, 1.165) is 6.42 Å². The van der Waals surface area contributed by atoms with Crippen molar-refractivity contribution in [1.29, 1.82) is 0 Å². The van der Waals surface area contributed by atoms with Gasteiger partial charge in [-0.05, 0) is 26.0 Å². The highest BCUT2D eigenvalue weighted by Gasteiger charge is 2.28. The Morgan fingerprint density at radius 3 is 2.38 bits per heavy atom. The molecule has 1 aromatic carbocycles. The van der Waals surface area contributed by atoms with E-state index in [-0.39, 0.29) is 5.82 Å². The van der Waals surface area contributed by atoms with Crippen LogP contribution in [0, 0.1) is 0 Å². The number of ether oxygens (including phenoxy) is 2. The molecule has 3 rings (SSSR count). The highest BCUT2D eigenvalue weighted by molar-refractivity contribution is 5.70. The smallest absolute Gasteiger partial charge is 0.169 e. The molecule has 0 atom stereocenters. The Morgan fingerprint density at radius 2 is 1.81 bits per heavy atom. The second kappa shape index (κ2) is 4.95. The first kappa shape index (κ1) is 13.7. The average Bonchev–Trinajstić information content (AvgIpc) is 2.71. The van der Waals surface area contributed by atoms with Crippen molar-refractivity contribution in [2.75, 3.05) is 18.9 Å². The minimum atomic E-state index is -1.57. The van der Waals surface area contributed by atoms with E-state index in [1.54, 1.807) is 18.2 Å². The van der Waals surface area contributed by atoms with Gasteiger partial charge in [0.1, 0.15) is 5.67 Å². The van der Waals surface area contributed by atoms with Crippen molar-refractivity contribution < 1.29 is 18.4 Å². The normalized spacial score (nSPS) is 14.8. The zero-order valence-corrected chi connectivity index (χ0v) is 12.0.